The van der Waals surface area contributed by atoms with Gasteiger partial charge in [-0.2, -0.15) is 5.26 Å². The fourth-order valence-corrected chi connectivity index (χ4v) is 2.18. The van der Waals surface area contributed by atoms with Crippen molar-refractivity contribution in [1.82, 2.24) is 0 Å². The van der Waals surface area contributed by atoms with Gasteiger partial charge < -0.3 is 15.1 Å². The lowest BCUT2D eigenvalue weighted by Gasteiger charge is -2.17. The van der Waals surface area contributed by atoms with E-state index < -0.39 is 7.26 Å². The molecule has 0 atom stereocenters. The maximum Gasteiger partial charge on any atom is 0.156 e. The van der Waals surface area contributed by atoms with E-state index in [0.29, 0.717) is 0 Å². The SMILES string of the molecule is CC[P+](C)(CC)COC.N#CN=C=[N-]. The highest BCUT2D eigenvalue weighted by Crippen LogP contribution is 2.53. The van der Waals surface area contributed by atoms with E-state index in [1.165, 1.54) is 24.5 Å². The lowest BCUT2D eigenvalue weighted by molar-refractivity contribution is 0.253. The summed E-state index contributed by atoms with van der Waals surface area (Å²) >= 11 is 0. The maximum atomic E-state index is 7.43. The van der Waals surface area contributed by atoms with Crippen LogP contribution in [0.2, 0.25) is 0 Å². The van der Waals surface area contributed by atoms with E-state index in [2.05, 4.69) is 25.5 Å². The summed E-state index contributed by atoms with van der Waals surface area (Å²) in [7, 11) is 1.14. The topological polar surface area (TPSA) is 67.7 Å². The Bertz CT molecular complexity index is 215. The van der Waals surface area contributed by atoms with Gasteiger partial charge in [-0.1, -0.05) is 0 Å². The molecule has 14 heavy (non-hydrogen) atoms. The van der Waals surface area contributed by atoms with Crippen molar-refractivity contribution >= 4 is 13.3 Å². The molecule has 0 N–H and O–H groups in total. The number of hydrogen-bond acceptors (Lipinski definition) is 3. The van der Waals surface area contributed by atoms with E-state index in [1.807, 2.05) is 0 Å². The highest BCUT2D eigenvalue weighted by Gasteiger charge is 2.25. The lowest BCUT2D eigenvalue weighted by atomic mass is 11.0. The molecule has 0 aromatic carbocycles. The van der Waals surface area contributed by atoms with E-state index in [-0.39, 0.29) is 0 Å². The molecule has 80 valence electrons. The van der Waals surface area contributed by atoms with Crippen molar-refractivity contribution in [1.29, 1.82) is 5.26 Å². The Labute approximate surface area is 86.8 Å². The number of aliphatic imine (C=N–C) groups is 1. The third kappa shape index (κ3) is 9.35. The van der Waals surface area contributed by atoms with Crippen molar-refractivity contribution in [2.24, 2.45) is 4.99 Å². The zero-order chi connectivity index (χ0) is 11.4. The van der Waals surface area contributed by atoms with Crippen LogP contribution >= 0.6 is 7.26 Å². The largest absolute Gasteiger partial charge is 0.422 e. The molecule has 0 bridgehead atoms. The highest BCUT2D eigenvalue weighted by molar-refractivity contribution is 7.74. The first-order valence-electron chi connectivity index (χ1n) is 4.40. The molecule has 0 rings (SSSR count). The van der Waals surface area contributed by atoms with Crippen molar-refractivity contribution < 1.29 is 4.74 Å². The van der Waals surface area contributed by atoms with Gasteiger partial charge in [-0.25, -0.2) is 0 Å². The Morgan fingerprint density at radius 2 is 1.93 bits per heavy atom. The van der Waals surface area contributed by atoms with Crippen LogP contribution in [-0.2, 0) is 4.74 Å². The molecule has 0 unspecified atom stereocenters. The normalized spacial score (nSPS) is 9.07. The van der Waals surface area contributed by atoms with Crippen LogP contribution in [-0.4, -0.2) is 38.5 Å². The second-order valence-electron chi connectivity index (χ2n) is 2.98. The van der Waals surface area contributed by atoms with Gasteiger partial charge in [0.05, 0.1) is 25.2 Å². The predicted molar refractivity (Wildman–Crippen MR) is 62.2 cm³/mol. The van der Waals surface area contributed by atoms with Crippen LogP contribution in [0, 0.1) is 11.5 Å². The van der Waals surface area contributed by atoms with E-state index in [0.717, 1.165) is 6.35 Å². The smallest absolute Gasteiger partial charge is 0.156 e. The number of hydrogen-bond donors (Lipinski definition) is 0. The lowest BCUT2D eigenvalue weighted by Crippen LogP contribution is -2.03. The molecule has 0 aliphatic carbocycles. The van der Waals surface area contributed by atoms with Crippen LogP contribution in [0.25, 0.3) is 5.41 Å². The molecular weight excluding hydrogens is 197 g/mol. The zero-order valence-electron chi connectivity index (χ0n) is 9.32. The zero-order valence-corrected chi connectivity index (χ0v) is 10.2. The number of rotatable bonds is 4. The molecule has 0 fully saturated rings. The number of methoxy groups -OCH3 is 1. The molecule has 5 heteroatoms. The molecule has 0 aliphatic rings. The molecule has 0 saturated heterocycles. The van der Waals surface area contributed by atoms with Gasteiger partial charge in [-0.15, -0.1) is 6.01 Å². The van der Waals surface area contributed by atoms with Crippen molar-refractivity contribution in [2.45, 2.75) is 13.8 Å². The fraction of sp³-hybridized carbons (Fsp3) is 0.778. The van der Waals surface area contributed by atoms with Crippen LogP contribution in [0.15, 0.2) is 4.99 Å². The molecule has 0 spiro atoms. The maximum absolute atomic E-state index is 7.43. The van der Waals surface area contributed by atoms with Crippen LogP contribution in [0.4, 0.5) is 0 Å². The second-order valence-corrected chi connectivity index (χ2v) is 7.74. The summed E-state index contributed by atoms with van der Waals surface area (Å²) in [6.45, 7) is 6.89. The summed E-state index contributed by atoms with van der Waals surface area (Å²) in [6.07, 6.45) is 4.91. The predicted octanol–water partition coefficient (Wildman–Crippen LogP) is 2.49. The third-order valence-electron chi connectivity index (χ3n) is 2.07. The van der Waals surface area contributed by atoms with E-state index in [1.54, 1.807) is 7.11 Å². The molecule has 0 saturated carbocycles. The molecule has 0 aromatic rings. The summed E-state index contributed by atoms with van der Waals surface area (Å²) in [4.78, 5) is 2.58. The minimum absolute atomic E-state index is 0.653. The summed E-state index contributed by atoms with van der Waals surface area (Å²) in [5, 5.41) is 14.9. The third-order valence-corrected chi connectivity index (χ3v) is 6.00. The minimum Gasteiger partial charge on any atom is -0.422 e. The quantitative estimate of drug-likeness (QED) is 0.410. The molecule has 0 radical (unpaired) electrons. The Hall–Kier alpha value is -0.740. The molecule has 0 heterocycles. The Kier molecular flexibility index (Phi) is 11.6. The van der Waals surface area contributed by atoms with Crippen LogP contribution < -0.4 is 0 Å². The highest BCUT2D eigenvalue weighted by atomic mass is 31.2. The Balaban J connectivity index is 0. The van der Waals surface area contributed by atoms with E-state index in [4.69, 9.17) is 15.4 Å². The second kappa shape index (κ2) is 10.3. The van der Waals surface area contributed by atoms with E-state index >= 15 is 0 Å². The Morgan fingerprint density at radius 3 is 2.00 bits per heavy atom. The molecule has 0 amide bonds. The van der Waals surface area contributed by atoms with Gasteiger partial charge in [0.1, 0.15) is 0 Å². The first kappa shape index (κ1) is 15.7. The van der Waals surface area contributed by atoms with Gasteiger partial charge in [0.25, 0.3) is 0 Å². The van der Waals surface area contributed by atoms with Crippen LogP contribution in [0.1, 0.15) is 13.8 Å². The van der Waals surface area contributed by atoms with Crippen molar-refractivity contribution in [3.63, 3.8) is 0 Å². The van der Waals surface area contributed by atoms with Gasteiger partial charge in [0.15, 0.2) is 6.35 Å². The van der Waals surface area contributed by atoms with Gasteiger partial charge in [0, 0.05) is 14.4 Å². The molecule has 0 aliphatic heterocycles. The van der Waals surface area contributed by atoms with Gasteiger partial charge in [-0.3, -0.25) is 0 Å². The van der Waals surface area contributed by atoms with Crippen LogP contribution in [0.3, 0.4) is 0 Å². The molecular formula is C9H18N3OP. The van der Waals surface area contributed by atoms with Gasteiger partial charge >= 0.3 is 0 Å². The summed E-state index contributed by atoms with van der Waals surface area (Å²) in [5.74, 6) is 0. The van der Waals surface area contributed by atoms with E-state index in [9.17, 15) is 0 Å². The first-order valence-corrected chi connectivity index (χ1v) is 7.19. The average Bonchev–Trinajstić information content (AvgIpc) is 2.20. The van der Waals surface area contributed by atoms with Gasteiger partial charge in [0.2, 0.25) is 0 Å². The minimum atomic E-state index is -0.653. The monoisotopic (exact) mass is 215 g/mol. The number of ether oxygens (including phenoxy) is 1. The standard InChI is InChI=1S/C7H18OP.C2N3/c1-5-9(4,6-2)7-8-3;3-1-5-2-4/h5-7H2,1-4H3;/q+1;-1. The molecule has 4 nitrogen and oxygen atoms in total. The first-order chi connectivity index (χ1) is 6.60. The average molecular weight is 215 g/mol. The summed E-state index contributed by atoms with van der Waals surface area (Å²) < 4.78 is 5.14. The fourth-order valence-electron chi connectivity index (χ4n) is 0.740. The van der Waals surface area contributed by atoms with Crippen molar-refractivity contribution in [2.75, 3.05) is 32.4 Å². The van der Waals surface area contributed by atoms with Gasteiger partial charge in [-0.05, 0) is 13.8 Å². The number of nitrogens with zero attached hydrogens (tertiary/aromatic N) is 3. The molecule has 0 aromatic heterocycles. The van der Waals surface area contributed by atoms with Crippen LogP contribution in [0.5, 0.6) is 0 Å². The van der Waals surface area contributed by atoms with Crippen molar-refractivity contribution in [3.8, 4) is 6.19 Å². The van der Waals surface area contributed by atoms with Crippen molar-refractivity contribution in [3.05, 3.63) is 5.41 Å². The Morgan fingerprint density at radius 1 is 1.43 bits per heavy atom. The summed E-state index contributed by atoms with van der Waals surface area (Å²) in [5.41, 5.74) is 0. The number of nitriles is 1. The summed E-state index contributed by atoms with van der Waals surface area (Å²) in [6, 6.07) is 1.28.